The van der Waals surface area contributed by atoms with Crippen LogP contribution < -0.4 is 4.90 Å². The minimum atomic E-state index is -0.372. The van der Waals surface area contributed by atoms with Crippen molar-refractivity contribution < 1.29 is 4.92 Å². The SMILES string of the molecule is C#CCN1CCN(c2cc(C)nc3c([N+](=O)[O-])cccc23)CC1. The smallest absolute Gasteiger partial charge is 0.295 e. The van der Waals surface area contributed by atoms with Crippen LogP contribution in [-0.2, 0) is 0 Å². The van der Waals surface area contributed by atoms with Crippen molar-refractivity contribution in [3.05, 3.63) is 40.1 Å². The molecule has 0 atom stereocenters. The highest BCUT2D eigenvalue weighted by atomic mass is 16.6. The summed E-state index contributed by atoms with van der Waals surface area (Å²) >= 11 is 0. The van der Waals surface area contributed by atoms with E-state index in [1.807, 2.05) is 19.1 Å². The highest BCUT2D eigenvalue weighted by Crippen LogP contribution is 2.32. The summed E-state index contributed by atoms with van der Waals surface area (Å²) in [6, 6.07) is 7.12. The molecular formula is C17H18N4O2. The molecular weight excluding hydrogens is 292 g/mol. The van der Waals surface area contributed by atoms with E-state index in [0.29, 0.717) is 12.1 Å². The number of para-hydroxylation sites is 1. The normalized spacial score (nSPS) is 15.6. The summed E-state index contributed by atoms with van der Waals surface area (Å²) in [4.78, 5) is 19.8. The summed E-state index contributed by atoms with van der Waals surface area (Å²) in [7, 11) is 0. The number of pyridine rings is 1. The first-order chi connectivity index (χ1) is 11.1. The van der Waals surface area contributed by atoms with E-state index in [9.17, 15) is 10.1 Å². The Hall–Kier alpha value is -2.65. The van der Waals surface area contributed by atoms with E-state index in [-0.39, 0.29) is 10.6 Å². The van der Waals surface area contributed by atoms with Gasteiger partial charge in [-0.05, 0) is 13.0 Å². The van der Waals surface area contributed by atoms with Crippen LogP contribution in [0, 0.1) is 29.4 Å². The molecule has 118 valence electrons. The Balaban J connectivity index is 2.00. The van der Waals surface area contributed by atoms with Crippen LogP contribution in [0.3, 0.4) is 0 Å². The number of non-ortho nitro benzene ring substituents is 1. The number of nitrogens with zero attached hydrogens (tertiary/aromatic N) is 4. The van der Waals surface area contributed by atoms with Gasteiger partial charge < -0.3 is 4.90 Å². The van der Waals surface area contributed by atoms with Gasteiger partial charge in [0.2, 0.25) is 0 Å². The molecule has 0 aliphatic carbocycles. The first kappa shape index (κ1) is 15.3. The summed E-state index contributed by atoms with van der Waals surface area (Å²) in [5, 5.41) is 12.1. The lowest BCUT2D eigenvalue weighted by atomic mass is 10.1. The second-order valence-corrected chi connectivity index (χ2v) is 5.68. The molecule has 1 aromatic carbocycles. The predicted molar refractivity (Wildman–Crippen MR) is 90.6 cm³/mol. The fourth-order valence-electron chi connectivity index (χ4n) is 3.02. The van der Waals surface area contributed by atoms with Crippen molar-refractivity contribution >= 4 is 22.3 Å². The van der Waals surface area contributed by atoms with Crippen molar-refractivity contribution in [2.45, 2.75) is 6.92 Å². The lowest BCUT2D eigenvalue weighted by Gasteiger charge is -2.35. The number of terminal acetylenes is 1. The van der Waals surface area contributed by atoms with E-state index >= 15 is 0 Å². The standard InChI is InChI=1S/C17H18N4O2/c1-3-7-19-8-10-20(11-9-19)16-12-13(2)18-17-14(16)5-4-6-15(17)21(22)23/h1,4-6,12H,7-11H2,2H3. The van der Waals surface area contributed by atoms with Crippen LogP contribution in [0.2, 0.25) is 0 Å². The molecule has 2 aromatic rings. The van der Waals surface area contributed by atoms with Crippen molar-refractivity contribution in [2.75, 3.05) is 37.6 Å². The molecule has 1 saturated heterocycles. The van der Waals surface area contributed by atoms with Gasteiger partial charge in [0.15, 0.2) is 5.52 Å². The highest BCUT2D eigenvalue weighted by Gasteiger charge is 2.21. The van der Waals surface area contributed by atoms with E-state index in [4.69, 9.17) is 6.42 Å². The Kier molecular flexibility index (Phi) is 4.13. The van der Waals surface area contributed by atoms with Gasteiger partial charge in [-0.1, -0.05) is 18.1 Å². The number of nitro groups is 1. The van der Waals surface area contributed by atoms with Gasteiger partial charge in [0.1, 0.15) is 0 Å². The van der Waals surface area contributed by atoms with Crippen molar-refractivity contribution in [1.29, 1.82) is 0 Å². The van der Waals surface area contributed by atoms with Crippen LogP contribution in [0.15, 0.2) is 24.3 Å². The Labute approximate surface area is 134 Å². The number of benzene rings is 1. The maximum Gasteiger partial charge on any atom is 0.295 e. The summed E-state index contributed by atoms with van der Waals surface area (Å²) in [6.45, 7) is 6.01. The topological polar surface area (TPSA) is 62.5 Å². The number of anilines is 1. The second-order valence-electron chi connectivity index (χ2n) is 5.68. The second kappa shape index (κ2) is 6.23. The van der Waals surface area contributed by atoms with Crippen molar-refractivity contribution in [3.63, 3.8) is 0 Å². The number of hydrogen-bond acceptors (Lipinski definition) is 5. The van der Waals surface area contributed by atoms with Gasteiger partial charge in [0.05, 0.1) is 11.5 Å². The maximum atomic E-state index is 11.3. The van der Waals surface area contributed by atoms with Crippen LogP contribution >= 0.6 is 0 Å². The molecule has 0 spiro atoms. The molecule has 3 rings (SSSR count). The van der Waals surface area contributed by atoms with Gasteiger partial charge in [-0.25, -0.2) is 4.98 Å². The molecule has 1 aliphatic rings. The Bertz CT molecular complexity index is 789. The molecule has 0 unspecified atom stereocenters. The zero-order valence-corrected chi connectivity index (χ0v) is 13.0. The zero-order valence-electron chi connectivity index (χ0n) is 13.0. The molecule has 0 saturated carbocycles. The van der Waals surface area contributed by atoms with E-state index in [1.165, 1.54) is 6.07 Å². The van der Waals surface area contributed by atoms with Crippen molar-refractivity contribution in [3.8, 4) is 12.3 Å². The molecule has 0 N–H and O–H groups in total. The molecule has 1 fully saturated rings. The lowest BCUT2D eigenvalue weighted by Crippen LogP contribution is -2.46. The highest BCUT2D eigenvalue weighted by molar-refractivity contribution is 5.97. The number of aromatic nitrogens is 1. The minimum Gasteiger partial charge on any atom is -0.368 e. The number of piperazine rings is 1. The summed E-state index contributed by atoms with van der Waals surface area (Å²) in [6.07, 6.45) is 5.37. The van der Waals surface area contributed by atoms with Crippen LogP contribution in [0.4, 0.5) is 11.4 Å². The van der Waals surface area contributed by atoms with Gasteiger partial charge in [0, 0.05) is 49.0 Å². The average Bonchev–Trinajstić information content (AvgIpc) is 2.54. The van der Waals surface area contributed by atoms with Crippen LogP contribution in [0.25, 0.3) is 10.9 Å². The summed E-state index contributed by atoms with van der Waals surface area (Å²) in [5.74, 6) is 2.67. The first-order valence-electron chi connectivity index (χ1n) is 7.55. The minimum absolute atomic E-state index is 0.0541. The van der Waals surface area contributed by atoms with Gasteiger partial charge in [-0.15, -0.1) is 6.42 Å². The molecule has 23 heavy (non-hydrogen) atoms. The van der Waals surface area contributed by atoms with Crippen molar-refractivity contribution in [2.24, 2.45) is 0 Å². The Morgan fingerprint density at radius 3 is 2.74 bits per heavy atom. The third-order valence-electron chi connectivity index (χ3n) is 4.15. The number of fused-ring (bicyclic) bond motifs is 1. The molecule has 1 aromatic heterocycles. The third-order valence-corrected chi connectivity index (χ3v) is 4.15. The van der Waals surface area contributed by atoms with Gasteiger partial charge in [0.25, 0.3) is 5.69 Å². The summed E-state index contributed by atoms with van der Waals surface area (Å²) < 4.78 is 0. The molecule has 6 nitrogen and oxygen atoms in total. The number of aryl methyl sites for hydroxylation is 1. The monoisotopic (exact) mass is 310 g/mol. The lowest BCUT2D eigenvalue weighted by molar-refractivity contribution is -0.383. The fourth-order valence-corrected chi connectivity index (χ4v) is 3.02. The fraction of sp³-hybridized carbons (Fsp3) is 0.353. The zero-order chi connectivity index (χ0) is 16.4. The average molecular weight is 310 g/mol. The van der Waals surface area contributed by atoms with E-state index < -0.39 is 0 Å². The molecule has 0 radical (unpaired) electrons. The largest absolute Gasteiger partial charge is 0.368 e. The van der Waals surface area contributed by atoms with Crippen LogP contribution in [-0.4, -0.2) is 47.5 Å². The number of hydrogen-bond donors (Lipinski definition) is 0. The van der Waals surface area contributed by atoms with Crippen LogP contribution in [0.1, 0.15) is 5.69 Å². The molecule has 2 heterocycles. The van der Waals surface area contributed by atoms with E-state index in [2.05, 4.69) is 20.7 Å². The third kappa shape index (κ3) is 2.96. The predicted octanol–water partition coefficient (Wildman–Crippen LogP) is 2.21. The van der Waals surface area contributed by atoms with E-state index in [0.717, 1.165) is 42.9 Å². The Morgan fingerprint density at radius 2 is 2.09 bits per heavy atom. The van der Waals surface area contributed by atoms with Crippen molar-refractivity contribution in [1.82, 2.24) is 9.88 Å². The molecule has 0 amide bonds. The Morgan fingerprint density at radius 1 is 1.35 bits per heavy atom. The summed E-state index contributed by atoms with van der Waals surface area (Å²) in [5.41, 5.74) is 2.31. The number of nitro benzene ring substituents is 1. The first-order valence-corrected chi connectivity index (χ1v) is 7.55. The molecule has 1 aliphatic heterocycles. The maximum absolute atomic E-state index is 11.3. The number of rotatable bonds is 3. The van der Waals surface area contributed by atoms with Crippen LogP contribution in [0.5, 0.6) is 0 Å². The van der Waals surface area contributed by atoms with Gasteiger partial charge >= 0.3 is 0 Å². The molecule has 6 heteroatoms. The van der Waals surface area contributed by atoms with Gasteiger partial charge in [-0.3, -0.25) is 15.0 Å². The van der Waals surface area contributed by atoms with E-state index in [1.54, 1.807) is 6.07 Å². The molecule has 0 bridgehead atoms. The quantitative estimate of drug-likeness (QED) is 0.494. The van der Waals surface area contributed by atoms with Gasteiger partial charge in [-0.2, -0.15) is 0 Å².